The third-order valence-corrected chi connectivity index (χ3v) is 5.49. The Hall–Kier alpha value is -0.860. The summed E-state index contributed by atoms with van der Waals surface area (Å²) in [5.74, 6) is 5.38. The zero-order chi connectivity index (χ0) is 15.1. The normalized spacial score (nSPS) is 29.8. The number of aliphatic imine (C=N–C) groups is 1. The summed E-state index contributed by atoms with van der Waals surface area (Å²) in [7, 11) is 4.14. The molecular weight excluding hydrogens is 280 g/mol. The maximum Gasteiger partial charge on any atom is 0.191 e. The van der Waals surface area contributed by atoms with E-state index in [0.29, 0.717) is 6.04 Å². The Morgan fingerprint density at radius 3 is 2.71 bits per heavy atom. The van der Waals surface area contributed by atoms with E-state index >= 15 is 0 Å². The van der Waals surface area contributed by atoms with E-state index in [9.17, 15) is 0 Å². The maximum atomic E-state index is 5.24. The lowest BCUT2D eigenvalue weighted by atomic mass is 9.82. The lowest BCUT2D eigenvalue weighted by Gasteiger charge is -2.47. The Morgan fingerprint density at radius 2 is 2.10 bits per heavy atom. The van der Waals surface area contributed by atoms with Gasteiger partial charge >= 0.3 is 0 Å². The molecule has 21 heavy (non-hydrogen) atoms. The van der Waals surface area contributed by atoms with Crippen molar-refractivity contribution in [2.24, 2.45) is 4.99 Å². The molecule has 5 heteroatoms. The summed E-state index contributed by atoms with van der Waals surface area (Å²) in [6.45, 7) is 0.908. The van der Waals surface area contributed by atoms with Crippen molar-refractivity contribution in [3.63, 3.8) is 0 Å². The Balaban J connectivity index is 1.74. The van der Waals surface area contributed by atoms with Gasteiger partial charge in [-0.2, -0.15) is 0 Å². The van der Waals surface area contributed by atoms with Crippen LogP contribution < -0.4 is 10.6 Å². The van der Waals surface area contributed by atoms with Crippen LogP contribution in [0.2, 0.25) is 0 Å². The molecule has 4 nitrogen and oxygen atoms in total. The van der Waals surface area contributed by atoms with Crippen LogP contribution in [0.3, 0.4) is 0 Å². The van der Waals surface area contributed by atoms with Crippen LogP contribution >= 0.6 is 11.8 Å². The predicted molar refractivity (Wildman–Crippen MR) is 92.9 cm³/mol. The number of hydrogen-bond acceptors (Lipinski definition) is 3. The summed E-state index contributed by atoms with van der Waals surface area (Å²) in [4.78, 5) is 6.94. The molecule has 2 bridgehead atoms. The topological polar surface area (TPSA) is 39.7 Å². The van der Waals surface area contributed by atoms with Crippen LogP contribution in [-0.4, -0.2) is 61.1 Å². The van der Waals surface area contributed by atoms with E-state index in [1.165, 1.54) is 32.1 Å². The highest BCUT2D eigenvalue weighted by Crippen LogP contribution is 2.32. The minimum absolute atomic E-state index is 0.557. The first-order chi connectivity index (χ1) is 10.2. The van der Waals surface area contributed by atoms with Crippen molar-refractivity contribution in [2.75, 3.05) is 32.1 Å². The highest BCUT2D eigenvalue weighted by atomic mass is 32.2. The van der Waals surface area contributed by atoms with Crippen molar-refractivity contribution < 1.29 is 0 Å². The van der Waals surface area contributed by atoms with Gasteiger partial charge in [0.2, 0.25) is 0 Å². The number of nitrogens with zero attached hydrogens (tertiary/aromatic N) is 2. The third-order valence-electron chi connectivity index (χ3n) is 4.63. The molecule has 0 spiro atoms. The fourth-order valence-electron chi connectivity index (χ4n) is 3.49. The van der Waals surface area contributed by atoms with Gasteiger partial charge in [-0.25, -0.2) is 0 Å². The highest BCUT2D eigenvalue weighted by molar-refractivity contribution is 7.99. The van der Waals surface area contributed by atoms with E-state index in [4.69, 9.17) is 6.42 Å². The zero-order valence-electron chi connectivity index (χ0n) is 13.3. The number of terminal acetylenes is 1. The van der Waals surface area contributed by atoms with Crippen molar-refractivity contribution >= 4 is 17.7 Å². The summed E-state index contributed by atoms with van der Waals surface area (Å²) < 4.78 is 0. The number of thioether (sulfide) groups is 1. The van der Waals surface area contributed by atoms with E-state index in [-0.39, 0.29) is 0 Å². The van der Waals surface area contributed by atoms with Gasteiger partial charge in [-0.05, 0) is 32.7 Å². The second kappa shape index (κ2) is 8.55. The second-order valence-electron chi connectivity index (χ2n) is 5.97. The summed E-state index contributed by atoms with van der Waals surface area (Å²) in [6, 6.07) is 2.06. The molecule has 2 aliphatic rings. The molecule has 2 aliphatic heterocycles. The van der Waals surface area contributed by atoms with Gasteiger partial charge in [0.25, 0.3) is 0 Å². The van der Waals surface area contributed by atoms with Gasteiger partial charge < -0.3 is 15.5 Å². The standard InChI is InChI=1S/C16H28N4S/c1-4-9-21-10-8-18-16(17-2)19-13-11-14-6-5-7-15(12-13)20(14)3/h1,13-15H,5-12H2,2-3H3,(H2,17,18,19). The summed E-state index contributed by atoms with van der Waals surface area (Å²) in [5.41, 5.74) is 0. The molecule has 0 aromatic heterocycles. The average molecular weight is 308 g/mol. The van der Waals surface area contributed by atoms with Gasteiger partial charge in [0.15, 0.2) is 5.96 Å². The number of guanidine groups is 1. The van der Waals surface area contributed by atoms with Crippen LogP contribution in [0.15, 0.2) is 4.99 Å². The number of nitrogens with one attached hydrogen (secondary N) is 2. The summed E-state index contributed by atoms with van der Waals surface area (Å²) in [6.07, 6.45) is 11.8. The molecule has 2 fully saturated rings. The first-order valence-electron chi connectivity index (χ1n) is 7.95. The highest BCUT2D eigenvalue weighted by Gasteiger charge is 2.36. The third kappa shape index (κ3) is 4.82. The van der Waals surface area contributed by atoms with E-state index < -0.39 is 0 Å². The monoisotopic (exact) mass is 308 g/mol. The van der Waals surface area contributed by atoms with Gasteiger partial charge in [0.1, 0.15) is 0 Å². The van der Waals surface area contributed by atoms with E-state index in [0.717, 1.165) is 36.1 Å². The van der Waals surface area contributed by atoms with Gasteiger partial charge in [0.05, 0.1) is 5.75 Å². The van der Waals surface area contributed by atoms with Gasteiger partial charge in [-0.1, -0.05) is 12.3 Å². The molecule has 0 radical (unpaired) electrons. The van der Waals surface area contributed by atoms with Gasteiger partial charge in [-0.15, -0.1) is 18.2 Å². The molecule has 2 rings (SSSR count). The minimum Gasteiger partial charge on any atom is -0.356 e. The molecule has 2 saturated heterocycles. The molecule has 118 valence electrons. The van der Waals surface area contributed by atoms with Crippen molar-refractivity contribution in [1.29, 1.82) is 0 Å². The van der Waals surface area contributed by atoms with Crippen molar-refractivity contribution in [1.82, 2.24) is 15.5 Å². The van der Waals surface area contributed by atoms with Crippen LogP contribution in [0.1, 0.15) is 32.1 Å². The van der Waals surface area contributed by atoms with E-state index in [1.54, 1.807) is 11.8 Å². The van der Waals surface area contributed by atoms with E-state index in [1.807, 2.05) is 7.05 Å². The van der Waals surface area contributed by atoms with Gasteiger partial charge in [0, 0.05) is 37.5 Å². The predicted octanol–water partition coefficient (Wildman–Crippen LogP) is 1.53. The smallest absolute Gasteiger partial charge is 0.191 e. The van der Waals surface area contributed by atoms with E-state index in [2.05, 4.69) is 33.5 Å². The number of rotatable bonds is 5. The Bertz CT molecular complexity index is 376. The first kappa shape index (κ1) is 16.5. The van der Waals surface area contributed by atoms with Crippen LogP contribution in [0, 0.1) is 12.3 Å². The van der Waals surface area contributed by atoms with Crippen molar-refractivity contribution in [2.45, 2.75) is 50.2 Å². The SMILES string of the molecule is C#CCSCCNC(=NC)NC1CC2CCCC(C1)N2C. The largest absolute Gasteiger partial charge is 0.356 e. The first-order valence-corrected chi connectivity index (χ1v) is 9.10. The number of fused-ring (bicyclic) bond motifs is 2. The molecule has 0 saturated carbocycles. The molecule has 2 heterocycles. The average Bonchev–Trinajstić information content (AvgIpc) is 2.46. The molecule has 2 atom stereocenters. The van der Waals surface area contributed by atoms with Crippen LogP contribution in [0.4, 0.5) is 0 Å². The number of piperidine rings is 2. The summed E-state index contributed by atoms with van der Waals surface area (Å²) in [5, 5.41) is 7.00. The quantitative estimate of drug-likeness (QED) is 0.350. The molecule has 2 unspecified atom stereocenters. The molecular formula is C16H28N4S. The molecule has 0 aromatic rings. The fourth-order valence-corrected chi connectivity index (χ4v) is 4.00. The Labute approximate surface area is 133 Å². The van der Waals surface area contributed by atoms with Crippen LogP contribution in [-0.2, 0) is 0 Å². The van der Waals surface area contributed by atoms with Crippen molar-refractivity contribution in [3.05, 3.63) is 0 Å². The second-order valence-corrected chi connectivity index (χ2v) is 7.08. The molecule has 0 aromatic carbocycles. The van der Waals surface area contributed by atoms with Crippen molar-refractivity contribution in [3.8, 4) is 12.3 Å². The molecule has 0 aliphatic carbocycles. The fraction of sp³-hybridized carbons (Fsp3) is 0.812. The zero-order valence-corrected chi connectivity index (χ0v) is 14.1. The van der Waals surface area contributed by atoms with Gasteiger partial charge in [-0.3, -0.25) is 4.99 Å². The lowest BCUT2D eigenvalue weighted by molar-refractivity contribution is 0.0526. The Morgan fingerprint density at radius 1 is 1.38 bits per heavy atom. The molecule has 0 amide bonds. The summed E-state index contributed by atoms with van der Waals surface area (Å²) >= 11 is 1.78. The lowest BCUT2D eigenvalue weighted by Crippen LogP contribution is -2.56. The molecule has 2 N–H and O–H groups in total. The Kier molecular flexibility index (Phi) is 6.72. The maximum absolute atomic E-state index is 5.24. The van der Waals surface area contributed by atoms with Crippen LogP contribution in [0.25, 0.3) is 0 Å². The number of hydrogen-bond donors (Lipinski definition) is 2. The minimum atomic E-state index is 0.557. The van der Waals surface area contributed by atoms with Crippen LogP contribution in [0.5, 0.6) is 0 Å².